The fourth-order valence-electron chi connectivity index (χ4n) is 1.78. The summed E-state index contributed by atoms with van der Waals surface area (Å²) in [6.45, 7) is -0.352. The van der Waals surface area contributed by atoms with Gasteiger partial charge in [-0.3, -0.25) is 10.1 Å². The van der Waals surface area contributed by atoms with E-state index in [1.807, 2.05) is 0 Å². The molecule has 0 unspecified atom stereocenters. The van der Waals surface area contributed by atoms with Crippen LogP contribution in [0.15, 0.2) is 42.5 Å². The highest BCUT2D eigenvalue weighted by atomic mass is 19.1. The molecule has 2 aromatic rings. The molecule has 6 nitrogen and oxygen atoms in total. The van der Waals surface area contributed by atoms with Gasteiger partial charge in [-0.2, -0.15) is 5.26 Å². The van der Waals surface area contributed by atoms with Gasteiger partial charge in [0.05, 0.1) is 27.7 Å². The number of hydrogen-bond acceptors (Lipinski definition) is 5. The molecule has 0 fully saturated rings. The summed E-state index contributed by atoms with van der Waals surface area (Å²) in [5.74, 6) is -1.84. The molecule has 0 spiro atoms. The SMILES string of the molecule is N#Cc1ccc(C(=O)OCc2ccccc2[N+](=O)[O-])c(F)c1. The van der Waals surface area contributed by atoms with Crippen LogP contribution in [0, 0.1) is 27.3 Å². The molecule has 22 heavy (non-hydrogen) atoms. The van der Waals surface area contributed by atoms with E-state index in [2.05, 4.69) is 0 Å². The zero-order chi connectivity index (χ0) is 16.1. The molecule has 7 heteroatoms. The molecule has 0 amide bonds. The Labute approximate surface area is 124 Å². The Kier molecular flexibility index (Phi) is 4.44. The molecule has 110 valence electrons. The molecule has 0 atom stereocenters. The van der Waals surface area contributed by atoms with Crippen LogP contribution in [0.1, 0.15) is 21.5 Å². The zero-order valence-corrected chi connectivity index (χ0v) is 11.2. The lowest BCUT2D eigenvalue weighted by Gasteiger charge is -2.06. The second kappa shape index (κ2) is 6.45. The number of benzene rings is 2. The topological polar surface area (TPSA) is 93.2 Å². The van der Waals surface area contributed by atoms with Gasteiger partial charge < -0.3 is 4.74 Å². The molecular formula is C15H9FN2O4. The van der Waals surface area contributed by atoms with Crippen molar-refractivity contribution in [3.8, 4) is 6.07 Å². The van der Waals surface area contributed by atoms with Crippen molar-refractivity contribution in [3.05, 3.63) is 75.1 Å². The average molecular weight is 300 g/mol. The van der Waals surface area contributed by atoms with E-state index in [-0.39, 0.29) is 29.0 Å². The lowest BCUT2D eigenvalue weighted by molar-refractivity contribution is -0.385. The number of nitro benzene ring substituents is 1. The Balaban J connectivity index is 2.14. The predicted molar refractivity (Wildman–Crippen MR) is 73.3 cm³/mol. The van der Waals surface area contributed by atoms with E-state index in [1.54, 1.807) is 12.1 Å². The van der Waals surface area contributed by atoms with Crippen LogP contribution in [0.3, 0.4) is 0 Å². The number of carbonyl (C=O) groups is 1. The fourth-order valence-corrected chi connectivity index (χ4v) is 1.78. The molecule has 0 aliphatic carbocycles. The quantitative estimate of drug-likeness (QED) is 0.491. The molecule has 0 aliphatic rings. The average Bonchev–Trinajstić information content (AvgIpc) is 2.52. The summed E-state index contributed by atoms with van der Waals surface area (Å²) in [5.41, 5.74) is -0.240. The predicted octanol–water partition coefficient (Wildman–Crippen LogP) is 2.96. The highest BCUT2D eigenvalue weighted by Gasteiger charge is 2.17. The number of nitrogens with zero attached hydrogens (tertiary/aromatic N) is 2. The highest BCUT2D eigenvalue weighted by Crippen LogP contribution is 2.19. The molecule has 0 saturated carbocycles. The molecule has 0 bridgehead atoms. The molecule has 0 aliphatic heterocycles. The normalized spacial score (nSPS) is 9.82. The van der Waals surface area contributed by atoms with Gasteiger partial charge >= 0.3 is 5.97 Å². The zero-order valence-electron chi connectivity index (χ0n) is 11.2. The smallest absolute Gasteiger partial charge is 0.341 e. The summed E-state index contributed by atoms with van der Waals surface area (Å²) in [6.07, 6.45) is 0. The third kappa shape index (κ3) is 3.24. The minimum Gasteiger partial charge on any atom is -0.457 e. The van der Waals surface area contributed by atoms with Crippen LogP contribution in [0.2, 0.25) is 0 Å². The van der Waals surface area contributed by atoms with E-state index in [0.717, 1.165) is 12.1 Å². The molecule has 2 rings (SSSR count). The minimum atomic E-state index is -0.958. The number of para-hydroxylation sites is 1. The summed E-state index contributed by atoms with van der Waals surface area (Å²) >= 11 is 0. The van der Waals surface area contributed by atoms with Crippen molar-refractivity contribution in [2.75, 3.05) is 0 Å². The van der Waals surface area contributed by atoms with Crippen LogP contribution in [0.25, 0.3) is 0 Å². The Bertz CT molecular complexity index is 783. The number of halogens is 1. The Morgan fingerprint density at radius 3 is 2.68 bits per heavy atom. The second-order valence-electron chi connectivity index (χ2n) is 4.27. The third-order valence-electron chi connectivity index (χ3n) is 2.87. The fraction of sp³-hybridized carbons (Fsp3) is 0.0667. The number of esters is 1. The van der Waals surface area contributed by atoms with Gasteiger partial charge in [0, 0.05) is 6.07 Å². The van der Waals surface area contributed by atoms with Gasteiger partial charge in [0.25, 0.3) is 5.69 Å². The lowest BCUT2D eigenvalue weighted by atomic mass is 10.1. The number of hydrogen-bond donors (Lipinski definition) is 0. The first-order chi connectivity index (χ1) is 10.5. The van der Waals surface area contributed by atoms with Gasteiger partial charge in [0.1, 0.15) is 12.4 Å². The second-order valence-corrected chi connectivity index (χ2v) is 4.27. The minimum absolute atomic E-state index is 0.0766. The summed E-state index contributed by atoms with van der Waals surface area (Å²) in [6, 6.07) is 10.9. The van der Waals surface area contributed by atoms with Gasteiger partial charge in [-0.15, -0.1) is 0 Å². The number of nitro groups is 1. The molecule has 0 aromatic heterocycles. The van der Waals surface area contributed by atoms with E-state index >= 15 is 0 Å². The molecular weight excluding hydrogens is 291 g/mol. The van der Waals surface area contributed by atoms with E-state index in [1.165, 1.54) is 24.3 Å². The molecule has 0 saturated heterocycles. The van der Waals surface area contributed by atoms with Crippen molar-refractivity contribution in [2.45, 2.75) is 6.61 Å². The summed E-state index contributed by atoms with van der Waals surface area (Å²) < 4.78 is 18.6. The number of carbonyl (C=O) groups excluding carboxylic acids is 1. The summed E-state index contributed by atoms with van der Waals surface area (Å²) in [7, 11) is 0. The van der Waals surface area contributed by atoms with Crippen molar-refractivity contribution in [2.24, 2.45) is 0 Å². The van der Waals surface area contributed by atoms with Crippen molar-refractivity contribution in [3.63, 3.8) is 0 Å². The largest absolute Gasteiger partial charge is 0.457 e. The van der Waals surface area contributed by atoms with Crippen LogP contribution < -0.4 is 0 Å². The van der Waals surface area contributed by atoms with Crippen LogP contribution in [-0.2, 0) is 11.3 Å². The first-order valence-corrected chi connectivity index (χ1v) is 6.12. The van der Waals surface area contributed by atoms with Crippen molar-refractivity contribution in [1.29, 1.82) is 5.26 Å². The summed E-state index contributed by atoms with van der Waals surface area (Å²) in [4.78, 5) is 22.0. The Morgan fingerprint density at radius 2 is 2.05 bits per heavy atom. The first-order valence-electron chi connectivity index (χ1n) is 6.12. The first kappa shape index (κ1) is 15.1. The van der Waals surface area contributed by atoms with Crippen molar-refractivity contribution < 1.29 is 18.8 Å². The van der Waals surface area contributed by atoms with Gasteiger partial charge in [-0.25, -0.2) is 9.18 Å². The third-order valence-corrected chi connectivity index (χ3v) is 2.87. The van der Waals surface area contributed by atoms with Crippen LogP contribution in [0.5, 0.6) is 0 Å². The van der Waals surface area contributed by atoms with E-state index in [9.17, 15) is 19.3 Å². The standard InChI is InChI=1S/C15H9FN2O4/c16-13-7-10(8-17)5-6-12(13)15(19)22-9-11-3-1-2-4-14(11)18(20)21/h1-7H,9H2. The maximum Gasteiger partial charge on any atom is 0.341 e. The monoisotopic (exact) mass is 300 g/mol. The Hall–Kier alpha value is -3.27. The molecule has 0 N–H and O–H groups in total. The van der Waals surface area contributed by atoms with Crippen LogP contribution in [-0.4, -0.2) is 10.9 Å². The maximum absolute atomic E-state index is 13.7. The van der Waals surface area contributed by atoms with Crippen LogP contribution in [0.4, 0.5) is 10.1 Å². The maximum atomic E-state index is 13.7. The number of nitriles is 1. The van der Waals surface area contributed by atoms with Crippen molar-refractivity contribution in [1.82, 2.24) is 0 Å². The van der Waals surface area contributed by atoms with Gasteiger partial charge in [0.2, 0.25) is 0 Å². The summed E-state index contributed by atoms with van der Waals surface area (Å²) in [5, 5.41) is 19.5. The van der Waals surface area contributed by atoms with E-state index in [0.29, 0.717) is 0 Å². The van der Waals surface area contributed by atoms with E-state index in [4.69, 9.17) is 10.00 Å². The molecule has 0 heterocycles. The van der Waals surface area contributed by atoms with Gasteiger partial charge in [-0.1, -0.05) is 12.1 Å². The number of ether oxygens (including phenoxy) is 1. The van der Waals surface area contributed by atoms with Gasteiger partial charge in [0.15, 0.2) is 0 Å². The number of rotatable bonds is 4. The Morgan fingerprint density at radius 1 is 1.32 bits per heavy atom. The van der Waals surface area contributed by atoms with Crippen molar-refractivity contribution >= 4 is 11.7 Å². The molecule has 2 aromatic carbocycles. The highest BCUT2D eigenvalue weighted by molar-refractivity contribution is 5.89. The van der Waals surface area contributed by atoms with E-state index < -0.39 is 16.7 Å². The molecule has 0 radical (unpaired) electrons. The lowest BCUT2D eigenvalue weighted by Crippen LogP contribution is -2.08. The van der Waals surface area contributed by atoms with Crippen LogP contribution >= 0.6 is 0 Å². The van der Waals surface area contributed by atoms with Gasteiger partial charge in [-0.05, 0) is 24.3 Å².